The molecule has 0 bridgehead atoms. The highest BCUT2D eigenvalue weighted by Crippen LogP contribution is 2.40. The molecule has 0 saturated carbocycles. The third-order valence-corrected chi connectivity index (χ3v) is 6.39. The molecule has 0 fully saturated rings. The van der Waals surface area contributed by atoms with Crippen LogP contribution in [-0.4, -0.2) is 28.8 Å². The third-order valence-electron chi connectivity index (χ3n) is 5.90. The molecule has 0 amide bonds. The Hall–Kier alpha value is -3.57. The largest absolute Gasteiger partial charge is 0.508 e. The summed E-state index contributed by atoms with van der Waals surface area (Å²) < 4.78 is 3.15. The van der Waals surface area contributed by atoms with Gasteiger partial charge >= 0.3 is 0 Å². The molecule has 1 unspecified atom stereocenters. The van der Waals surface area contributed by atoms with Crippen LogP contribution in [0.1, 0.15) is 17.2 Å². The second kappa shape index (κ2) is 8.75. The van der Waals surface area contributed by atoms with E-state index in [1.54, 1.807) is 6.07 Å². The molecule has 0 aliphatic heterocycles. The van der Waals surface area contributed by atoms with Gasteiger partial charge < -0.3 is 14.6 Å². The maximum atomic E-state index is 10.9. The molecule has 164 valence electrons. The standard InChI is InChI=1S/C28H24BrN3O/c1-31(2)22-15-12-20(13-16-22)28-30-24-10-6-7-11-25(24)32(28)27(19-8-4-3-5-9-19)23-18-21(29)14-17-26(23)33/h3-18,27,33H,1-2H3. The van der Waals surface area contributed by atoms with Gasteiger partial charge in [0, 0.05) is 35.4 Å². The number of anilines is 1. The van der Waals surface area contributed by atoms with E-state index in [-0.39, 0.29) is 11.8 Å². The molecule has 5 aromatic rings. The second-order valence-corrected chi connectivity index (χ2v) is 9.17. The molecule has 4 nitrogen and oxygen atoms in total. The van der Waals surface area contributed by atoms with Crippen molar-refractivity contribution in [3.05, 3.63) is 113 Å². The summed E-state index contributed by atoms with van der Waals surface area (Å²) in [5.74, 6) is 1.11. The maximum Gasteiger partial charge on any atom is 0.141 e. The summed E-state index contributed by atoms with van der Waals surface area (Å²) in [6.07, 6.45) is 0. The zero-order valence-corrected chi connectivity index (χ0v) is 20.1. The van der Waals surface area contributed by atoms with Crippen LogP contribution < -0.4 is 4.90 Å². The number of imidazole rings is 1. The van der Waals surface area contributed by atoms with Crippen LogP contribution in [0.2, 0.25) is 0 Å². The lowest BCUT2D eigenvalue weighted by molar-refractivity contribution is 0.461. The number of rotatable bonds is 5. The SMILES string of the molecule is CN(C)c1ccc(-c2nc3ccccc3n2C(c2ccccc2)c2cc(Br)ccc2O)cc1. The average molecular weight is 498 g/mol. The first kappa shape index (κ1) is 21.3. The fourth-order valence-electron chi connectivity index (χ4n) is 4.27. The van der Waals surface area contributed by atoms with Crippen molar-refractivity contribution in [1.82, 2.24) is 9.55 Å². The molecule has 0 saturated heterocycles. The highest BCUT2D eigenvalue weighted by atomic mass is 79.9. The lowest BCUT2D eigenvalue weighted by Crippen LogP contribution is -2.14. The first-order valence-electron chi connectivity index (χ1n) is 10.8. The highest BCUT2D eigenvalue weighted by Gasteiger charge is 2.26. The number of nitrogens with zero attached hydrogens (tertiary/aromatic N) is 3. The normalized spacial score (nSPS) is 12.1. The quantitative estimate of drug-likeness (QED) is 0.287. The Morgan fingerprint density at radius 1 is 0.848 bits per heavy atom. The summed E-state index contributed by atoms with van der Waals surface area (Å²) >= 11 is 3.59. The molecule has 5 rings (SSSR count). The number of para-hydroxylation sites is 2. The van der Waals surface area contributed by atoms with Crippen molar-refractivity contribution < 1.29 is 5.11 Å². The fraction of sp³-hybridized carbons (Fsp3) is 0.107. The minimum atomic E-state index is -0.264. The van der Waals surface area contributed by atoms with E-state index in [4.69, 9.17) is 4.98 Å². The van der Waals surface area contributed by atoms with Crippen LogP contribution >= 0.6 is 15.9 Å². The summed E-state index contributed by atoms with van der Waals surface area (Å²) in [4.78, 5) is 7.12. The zero-order chi connectivity index (χ0) is 22.9. The minimum absolute atomic E-state index is 0.249. The van der Waals surface area contributed by atoms with E-state index in [1.807, 2.05) is 62.6 Å². The number of benzene rings is 4. The Kier molecular flexibility index (Phi) is 5.65. The molecule has 1 aromatic heterocycles. The van der Waals surface area contributed by atoms with Crippen molar-refractivity contribution in [2.45, 2.75) is 6.04 Å². The number of aromatic hydroxyl groups is 1. The first-order valence-corrected chi connectivity index (χ1v) is 11.6. The van der Waals surface area contributed by atoms with Crippen molar-refractivity contribution >= 4 is 32.7 Å². The molecule has 5 heteroatoms. The van der Waals surface area contributed by atoms with Gasteiger partial charge in [-0.05, 0) is 60.2 Å². The lowest BCUT2D eigenvalue weighted by Gasteiger charge is -2.24. The van der Waals surface area contributed by atoms with Gasteiger partial charge in [0.05, 0.1) is 17.1 Å². The van der Waals surface area contributed by atoms with Crippen LogP contribution in [-0.2, 0) is 0 Å². The molecular weight excluding hydrogens is 474 g/mol. The molecule has 1 atom stereocenters. The van der Waals surface area contributed by atoms with Gasteiger partial charge in [-0.1, -0.05) is 58.4 Å². The van der Waals surface area contributed by atoms with E-state index in [1.165, 1.54) is 0 Å². The Bertz CT molecular complexity index is 1410. The molecule has 0 aliphatic rings. The third kappa shape index (κ3) is 4.00. The number of hydrogen-bond donors (Lipinski definition) is 1. The van der Waals surface area contributed by atoms with Gasteiger partial charge in [0.1, 0.15) is 11.6 Å². The van der Waals surface area contributed by atoms with E-state index < -0.39 is 0 Å². The molecule has 33 heavy (non-hydrogen) atoms. The number of phenolic OH excluding ortho intramolecular Hbond substituents is 1. The summed E-state index contributed by atoms with van der Waals surface area (Å²) in [5.41, 5.74) is 5.96. The molecular formula is C28H24BrN3O. The maximum absolute atomic E-state index is 10.9. The fourth-order valence-corrected chi connectivity index (χ4v) is 4.64. The number of phenols is 1. The zero-order valence-electron chi connectivity index (χ0n) is 18.5. The summed E-state index contributed by atoms with van der Waals surface area (Å²) in [6.45, 7) is 0. The molecule has 1 heterocycles. The average Bonchev–Trinajstić information content (AvgIpc) is 3.21. The van der Waals surface area contributed by atoms with Crippen LogP contribution in [0.5, 0.6) is 5.75 Å². The molecule has 4 aromatic carbocycles. The minimum Gasteiger partial charge on any atom is -0.508 e. The van der Waals surface area contributed by atoms with Crippen LogP contribution in [0.4, 0.5) is 5.69 Å². The van der Waals surface area contributed by atoms with Crippen LogP contribution in [0.25, 0.3) is 22.4 Å². The first-order chi connectivity index (χ1) is 16.0. The molecule has 0 radical (unpaired) electrons. The van der Waals surface area contributed by atoms with Gasteiger partial charge in [0.15, 0.2) is 0 Å². The number of halogens is 1. The predicted molar refractivity (Wildman–Crippen MR) is 139 cm³/mol. The van der Waals surface area contributed by atoms with Gasteiger partial charge in [-0.15, -0.1) is 0 Å². The second-order valence-electron chi connectivity index (χ2n) is 8.25. The monoisotopic (exact) mass is 497 g/mol. The Labute approximate surface area is 201 Å². The van der Waals surface area contributed by atoms with Gasteiger partial charge in [-0.2, -0.15) is 0 Å². The lowest BCUT2D eigenvalue weighted by atomic mass is 9.96. The van der Waals surface area contributed by atoms with Gasteiger partial charge in [0.25, 0.3) is 0 Å². The van der Waals surface area contributed by atoms with E-state index in [0.717, 1.165) is 43.7 Å². The number of aromatic nitrogens is 2. The van der Waals surface area contributed by atoms with Crippen molar-refractivity contribution in [3.63, 3.8) is 0 Å². The van der Waals surface area contributed by atoms with E-state index in [0.29, 0.717) is 0 Å². The molecule has 0 spiro atoms. The Morgan fingerprint density at radius 3 is 2.27 bits per heavy atom. The van der Waals surface area contributed by atoms with Gasteiger partial charge in [-0.25, -0.2) is 4.98 Å². The van der Waals surface area contributed by atoms with Crippen LogP contribution in [0.15, 0.2) is 102 Å². The highest BCUT2D eigenvalue weighted by molar-refractivity contribution is 9.10. The van der Waals surface area contributed by atoms with Gasteiger partial charge in [0.2, 0.25) is 0 Å². The van der Waals surface area contributed by atoms with Crippen LogP contribution in [0.3, 0.4) is 0 Å². The van der Waals surface area contributed by atoms with Gasteiger partial charge in [-0.3, -0.25) is 0 Å². The van der Waals surface area contributed by atoms with Crippen molar-refractivity contribution in [3.8, 4) is 17.1 Å². The van der Waals surface area contributed by atoms with Crippen molar-refractivity contribution in [2.75, 3.05) is 19.0 Å². The summed E-state index contributed by atoms with van der Waals surface area (Å²) in [6, 6.07) is 32.2. The molecule has 1 N–H and O–H groups in total. The molecule has 0 aliphatic carbocycles. The Morgan fingerprint density at radius 2 is 1.55 bits per heavy atom. The summed E-state index contributed by atoms with van der Waals surface area (Å²) in [7, 11) is 4.07. The number of fused-ring (bicyclic) bond motifs is 1. The van der Waals surface area contributed by atoms with E-state index >= 15 is 0 Å². The van der Waals surface area contributed by atoms with Crippen molar-refractivity contribution in [2.24, 2.45) is 0 Å². The predicted octanol–water partition coefficient (Wildman–Crippen LogP) is 6.88. The smallest absolute Gasteiger partial charge is 0.141 e. The van der Waals surface area contributed by atoms with Crippen LogP contribution in [0, 0.1) is 0 Å². The number of hydrogen-bond acceptors (Lipinski definition) is 3. The van der Waals surface area contributed by atoms with E-state index in [9.17, 15) is 5.11 Å². The Balaban J connectivity index is 1.82. The topological polar surface area (TPSA) is 41.3 Å². The summed E-state index contributed by atoms with van der Waals surface area (Å²) in [5, 5.41) is 10.9. The van der Waals surface area contributed by atoms with Crippen molar-refractivity contribution in [1.29, 1.82) is 0 Å². The van der Waals surface area contributed by atoms with E-state index in [2.05, 4.69) is 67.9 Å².